The monoisotopic (exact) mass is 793 g/mol. The molecule has 0 N–H and O–H groups in total. The SMILES string of the molecule is c1ccc(-c2nc(-c3ccc(-c4cc(-c5ccc6c(c5)oc5ccccc56)cc(-c5ccc6c(c5)oc5ccccc56)c4)cc3)nc(-c3ccccc3-c3ccccc3)n2)cc1. The molecule has 0 radical (unpaired) electrons. The molecule has 0 amide bonds. The molecule has 5 nitrogen and oxygen atoms in total. The van der Waals surface area contributed by atoms with Crippen LogP contribution in [0.4, 0.5) is 0 Å². The van der Waals surface area contributed by atoms with Crippen LogP contribution in [0.3, 0.4) is 0 Å². The lowest BCUT2D eigenvalue weighted by atomic mass is 9.92. The standard InChI is InChI=1S/C57H35N3O2/c1-3-13-37(14-4-1)45-17-7-8-20-50(45)57-59-55(38-15-5-2-6-16-38)58-56(60-57)39-25-23-36(24-26-39)42-31-43(40-27-29-48-46-18-9-11-21-51(46)61-53(48)34-40)33-44(32-42)41-28-30-49-47-19-10-12-22-52(47)62-54(49)35-41/h1-35H. The minimum atomic E-state index is 0.607. The quantitative estimate of drug-likeness (QED) is 0.161. The summed E-state index contributed by atoms with van der Waals surface area (Å²) < 4.78 is 12.7. The fourth-order valence-corrected chi connectivity index (χ4v) is 8.64. The summed E-state index contributed by atoms with van der Waals surface area (Å²) in [7, 11) is 0. The van der Waals surface area contributed by atoms with Crippen molar-refractivity contribution < 1.29 is 8.83 Å². The molecule has 12 rings (SSSR count). The highest BCUT2D eigenvalue weighted by molar-refractivity contribution is 6.07. The molecule has 0 saturated carbocycles. The predicted octanol–water partition coefficient (Wildman–Crippen LogP) is 15.3. The third-order valence-electron chi connectivity index (χ3n) is 11.8. The zero-order valence-corrected chi connectivity index (χ0v) is 33.4. The molecule has 12 aromatic rings. The van der Waals surface area contributed by atoms with Gasteiger partial charge in [-0.15, -0.1) is 0 Å². The van der Waals surface area contributed by atoms with Crippen LogP contribution in [0.15, 0.2) is 221 Å². The molecule has 62 heavy (non-hydrogen) atoms. The second-order valence-corrected chi connectivity index (χ2v) is 15.6. The average molecular weight is 794 g/mol. The Bertz CT molecular complexity index is 3490. The molecule has 0 spiro atoms. The topological polar surface area (TPSA) is 65.0 Å². The van der Waals surface area contributed by atoms with Crippen LogP contribution < -0.4 is 0 Å². The third-order valence-corrected chi connectivity index (χ3v) is 11.8. The second-order valence-electron chi connectivity index (χ2n) is 15.6. The van der Waals surface area contributed by atoms with Crippen LogP contribution in [0, 0.1) is 0 Å². The Labute approximate surface area is 357 Å². The summed E-state index contributed by atoms with van der Waals surface area (Å²) in [6.07, 6.45) is 0. The lowest BCUT2D eigenvalue weighted by Crippen LogP contribution is -2.01. The Morgan fingerprint density at radius 3 is 1.18 bits per heavy atom. The van der Waals surface area contributed by atoms with Crippen LogP contribution in [-0.4, -0.2) is 15.0 Å². The predicted molar refractivity (Wildman–Crippen MR) is 252 cm³/mol. The number of para-hydroxylation sites is 2. The summed E-state index contributed by atoms with van der Waals surface area (Å²) in [5.41, 5.74) is 14.9. The van der Waals surface area contributed by atoms with E-state index in [1.165, 1.54) is 0 Å². The van der Waals surface area contributed by atoms with Gasteiger partial charge in [0.1, 0.15) is 22.3 Å². The molecule has 5 heteroatoms. The van der Waals surface area contributed by atoms with Crippen molar-refractivity contribution in [3.63, 3.8) is 0 Å². The lowest BCUT2D eigenvalue weighted by Gasteiger charge is -2.13. The molecule has 0 aliphatic rings. The zero-order valence-electron chi connectivity index (χ0n) is 33.4. The summed E-state index contributed by atoms with van der Waals surface area (Å²) in [4.78, 5) is 15.2. The van der Waals surface area contributed by atoms with E-state index in [4.69, 9.17) is 23.8 Å². The van der Waals surface area contributed by atoms with E-state index in [1.807, 2.05) is 66.7 Å². The van der Waals surface area contributed by atoms with Gasteiger partial charge in [0.2, 0.25) is 0 Å². The molecule has 3 heterocycles. The van der Waals surface area contributed by atoms with E-state index in [0.717, 1.165) is 105 Å². The molecule has 290 valence electrons. The normalized spacial score (nSPS) is 11.5. The van der Waals surface area contributed by atoms with Crippen LogP contribution in [0.1, 0.15) is 0 Å². The summed E-state index contributed by atoms with van der Waals surface area (Å²) >= 11 is 0. The van der Waals surface area contributed by atoms with Gasteiger partial charge in [-0.2, -0.15) is 0 Å². The summed E-state index contributed by atoms with van der Waals surface area (Å²) in [6, 6.07) is 73.5. The van der Waals surface area contributed by atoms with E-state index >= 15 is 0 Å². The highest BCUT2D eigenvalue weighted by Gasteiger charge is 2.17. The van der Waals surface area contributed by atoms with Gasteiger partial charge in [-0.1, -0.05) is 158 Å². The first-order chi connectivity index (χ1) is 30.7. The number of nitrogens with zero attached hydrogens (tertiary/aromatic N) is 3. The molecular weight excluding hydrogens is 759 g/mol. The van der Waals surface area contributed by atoms with Crippen molar-refractivity contribution in [3.8, 4) is 78.7 Å². The first kappa shape index (κ1) is 35.5. The zero-order chi connectivity index (χ0) is 41.0. The van der Waals surface area contributed by atoms with E-state index in [1.54, 1.807) is 0 Å². The van der Waals surface area contributed by atoms with Crippen LogP contribution in [0.25, 0.3) is 123 Å². The highest BCUT2D eigenvalue weighted by atomic mass is 16.3. The van der Waals surface area contributed by atoms with Gasteiger partial charge in [0.25, 0.3) is 0 Å². The largest absolute Gasteiger partial charge is 0.456 e. The van der Waals surface area contributed by atoms with Crippen LogP contribution in [0.2, 0.25) is 0 Å². The van der Waals surface area contributed by atoms with Crippen molar-refractivity contribution in [2.75, 3.05) is 0 Å². The van der Waals surface area contributed by atoms with Crippen molar-refractivity contribution in [2.24, 2.45) is 0 Å². The van der Waals surface area contributed by atoms with E-state index in [9.17, 15) is 0 Å². The van der Waals surface area contributed by atoms with E-state index in [-0.39, 0.29) is 0 Å². The summed E-state index contributed by atoms with van der Waals surface area (Å²) in [5, 5.41) is 4.44. The smallest absolute Gasteiger partial charge is 0.164 e. The molecule has 0 aliphatic heterocycles. The van der Waals surface area contributed by atoms with Gasteiger partial charge in [0.15, 0.2) is 17.5 Å². The van der Waals surface area contributed by atoms with Crippen LogP contribution >= 0.6 is 0 Å². The highest BCUT2D eigenvalue weighted by Crippen LogP contribution is 2.39. The minimum absolute atomic E-state index is 0.607. The first-order valence-corrected chi connectivity index (χ1v) is 20.7. The fourth-order valence-electron chi connectivity index (χ4n) is 8.64. The number of aromatic nitrogens is 3. The van der Waals surface area contributed by atoms with E-state index in [0.29, 0.717) is 17.5 Å². The van der Waals surface area contributed by atoms with Crippen molar-refractivity contribution in [1.82, 2.24) is 15.0 Å². The van der Waals surface area contributed by atoms with Gasteiger partial charge in [-0.3, -0.25) is 0 Å². The molecule has 0 fully saturated rings. The molecule has 0 aliphatic carbocycles. The number of hydrogen-bond donors (Lipinski definition) is 0. The van der Waals surface area contributed by atoms with Gasteiger partial charge in [0, 0.05) is 38.2 Å². The van der Waals surface area contributed by atoms with Gasteiger partial charge in [-0.05, 0) is 99.1 Å². The van der Waals surface area contributed by atoms with Crippen molar-refractivity contribution in [1.29, 1.82) is 0 Å². The number of benzene rings is 9. The van der Waals surface area contributed by atoms with Crippen LogP contribution in [0.5, 0.6) is 0 Å². The maximum atomic E-state index is 6.35. The van der Waals surface area contributed by atoms with Gasteiger partial charge in [-0.25, -0.2) is 15.0 Å². The first-order valence-electron chi connectivity index (χ1n) is 20.7. The van der Waals surface area contributed by atoms with Crippen molar-refractivity contribution >= 4 is 43.9 Å². The molecule has 0 saturated heterocycles. The summed E-state index contributed by atoms with van der Waals surface area (Å²) in [5.74, 6) is 1.85. The Balaban J connectivity index is 0.981. The Kier molecular flexibility index (Phi) is 8.42. The van der Waals surface area contributed by atoms with E-state index < -0.39 is 0 Å². The fraction of sp³-hybridized carbons (Fsp3) is 0. The van der Waals surface area contributed by atoms with E-state index in [2.05, 4.69) is 146 Å². The number of rotatable bonds is 7. The molecule has 0 atom stereocenters. The number of furan rings is 2. The molecule has 0 unspecified atom stereocenters. The van der Waals surface area contributed by atoms with Crippen molar-refractivity contribution in [3.05, 3.63) is 212 Å². The maximum absolute atomic E-state index is 6.35. The Morgan fingerprint density at radius 1 is 0.226 bits per heavy atom. The number of fused-ring (bicyclic) bond motifs is 6. The molecular formula is C57H35N3O2. The van der Waals surface area contributed by atoms with Gasteiger partial charge >= 0.3 is 0 Å². The van der Waals surface area contributed by atoms with Gasteiger partial charge < -0.3 is 8.83 Å². The molecule has 9 aromatic carbocycles. The maximum Gasteiger partial charge on any atom is 0.164 e. The minimum Gasteiger partial charge on any atom is -0.456 e. The van der Waals surface area contributed by atoms with Gasteiger partial charge in [0.05, 0.1) is 0 Å². The third kappa shape index (κ3) is 6.32. The second kappa shape index (κ2) is 14.7. The summed E-state index contributed by atoms with van der Waals surface area (Å²) in [6.45, 7) is 0. The number of hydrogen-bond acceptors (Lipinski definition) is 5. The average Bonchev–Trinajstić information content (AvgIpc) is 3.92. The molecule has 0 bridgehead atoms. The van der Waals surface area contributed by atoms with Crippen molar-refractivity contribution in [2.45, 2.75) is 0 Å². The lowest BCUT2D eigenvalue weighted by molar-refractivity contribution is 0.668. The Hall–Kier alpha value is -8.41. The molecule has 3 aromatic heterocycles. The van der Waals surface area contributed by atoms with Crippen LogP contribution in [-0.2, 0) is 0 Å². The Morgan fingerprint density at radius 2 is 0.613 bits per heavy atom.